The Hall–Kier alpha value is -1.60. The van der Waals surface area contributed by atoms with Crippen LogP contribution >= 0.6 is 0 Å². The molecule has 1 aliphatic carbocycles. The summed E-state index contributed by atoms with van der Waals surface area (Å²) in [6.07, 6.45) is 1.37. The Balaban J connectivity index is 2.50. The van der Waals surface area contributed by atoms with Crippen LogP contribution in [0.5, 0.6) is 5.75 Å². The summed E-state index contributed by atoms with van der Waals surface area (Å²) in [6, 6.07) is 2.50. The Morgan fingerprint density at radius 1 is 1.30 bits per heavy atom. The van der Waals surface area contributed by atoms with E-state index in [1.54, 1.807) is 13.8 Å². The second-order valence-corrected chi connectivity index (χ2v) is 6.91. The van der Waals surface area contributed by atoms with Gasteiger partial charge in [0.2, 0.25) is 10.0 Å². The highest BCUT2D eigenvalue weighted by Crippen LogP contribution is 2.34. The predicted molar refractivity (Wildman–Crippen MR) is 72.1 cm³/mol. The average Bonchev–Trinajstić information content (AvgIpc) is 3.06. The number of sulfonamides is 1. The summed E-state index contributed by atoms with van der Waals surface area (Å²) in [6.45, 7) is 2.64. The number of aromatic hydroxyl groups is 1. The highest BCUT2D eigenvalue weighted by atomic mass is 32.2. The molecule has 1 aromatic carbocycles. The first-order valence-electron chi connectivity index (χ1n) is 6.27. The van der Waals surface area contributed by atoms with Crippen LogP contribution in [-0.2, 0) is 14.8 Å². The first-order valence-corrected chi connectivity index (χ1v) is 7.71. The molecule has 0 amide bonds. The maximum atomic E-state index is 12.7. The molecule has 0 atom stereocenters. The highest BCUT2D eigenvalue weighted by molar-refractivity contribution is 7.89. The molecule has 2 rings (SSSR count). The van der Waals surface area contributed by atoms with Gasteiger partial charge in [0.15, 0.2) is 0 Å². The molecule has 0 aliphatic heterocycles. The molecule has 0 radical (unpaired) electrons. The van der Waals surface area contributed by atoms with E-state index in [1.165, 1.54) is 12.1 Å². The molecule has 1 saturated carbocycles. The van der Waals surface area contributed by atoms with Gasteiger partial charge in [0.25, 0.3) is 0 Å². The Kier molecular flexibility index (Phi) is 3.75. The van der Waals surface area contributed by atoms with E-state index in [9.17, 15) is 18.3 Å². The summed E-state index contributed by atoms with van der Waals surface area (Å²) in [5.74, 6) is -1.18. The van der Waals surface area contributed by atoms with Gasteiger partial charge in [0, 0.05) is 6.04 Å². The second-order valence-electron chi connectivity index (χ2n) is 5.08. The zero-order chi connectivity index (χ0) is 15.1. The highest BCUT2D eigenvalue weighted by Gasteiger charge is 2.40. The molecule has 0 aromatic heterocycles. The molecule has 7 heteroatoms. The van der Waals surface area contributed by atoms with Gasteiger partial charge < -0.3 is 10.2 Å². The van der Waals surface area contributed by atoms with Crippen molar-refractivity contribution in [3.05, 3.63) is 23.3 Å². The van der Waals surface area contributed by atoms with Crippen molar-refractivity contribution in [3.8, 4) is 5.75 Å². The quantitative estimate of drug-likeness (QED) is 0.853. The van der Waals surface area contributed by atoms with Crippen molar-refractivity contribution >= 4 is 16.0 Å². The number of rotatable bonds is 5. The van der Waals surface area contributed by atoms with E-state index >= 15 is 0 Å². The van der Waals surface area contributed by atoms with E-state index in [0.717, 1.165) is 4.31 Å². The number of hydrogen-bond acceptors (Lipinski definition) is 4. The van der Waals surface area contributed by atoms with E-state index in [-0.39, 0.29) is 16.7 Å². The second kappa shape index (κ2) is 5.06. The molecule has 0 spiro atoms. The normalized spacial score (nSPS) is 15.6. The molecule has 0 bridgehead atoms. The average molecular weight is 299 g/mol. The maximum absolute atomic E-state index is 12.7. The van der Waals surface area contributed by atoms with Gasteiger partial charge in [-0.05, 0) is 49.9 Å². The lowest BCUT2D eigenvalue weighted by molar-refractivity contribution is -0.137. The molecule has 1 fully saturated rings. The number of hydrogen-bond donors (Lipinski definition) is 2. The van der Waals surface area contributed by atoms with Crippen LogP contribution in [0.15, 0.2) is 17.0 Å². The summed E-state index contributed by atoms with van der Waals surface area (Å²) in [5, 5.41) is 18.4. The van der Waals surface area contributed by atoms with E-state index in [1.807, 2.05) is 0 Å². The fourth-order valence-corrected chi connectivity index (χ4v) is 4.41. The number of benzene rings is 1. The number of phenolic OH excluding ortho intramolecular Hbond substituents is 1. The van der Waals surface area contributed by atoms with Crippen molar-refractivity contribution in [2.24, 2.45) is 0 Å². The Bertz CT molecular complexity index is 626. The molecule has 2 N–H and O–H groups in total. The molecule has 1 aromatic rings. The van der Waals surface area contributed by atoms with E-state index in [0.29, 0.717) is 24.0 Å². The van der Waals surface area contributed by atoms with Gasteiger partial charge in [0.05, 0.1) is 4.90 Å². The lowest BCUT2D eigenvalue weighted by Crippen LogP contribution is -2.38. The lowest BCUT2D eigenvalue weighted by atomic mass is 10.1. The first-order chi connectivity index (χ1) is 9.23. The summed E-state index contributed by atoms with van der Waals surface area (Å²) in [7, 11) is -3.87. The van der Waals surface area contributed by atoms with E-state index < -0.39 is 22.5 Å². The minimum absolute atomic E-state index is 0.00448. The van der Waals surface area contributed by atoms with Crippen LogP contribution in [0.25, 0.3) is 0 Å². The Morgan fingerprint density at radius 2 is 1.80 bits per heavy atom. The third kappa shape index (κ3) is 2.78. The maximum Gasteiger partial charge on any atom is 0.318 e. The fourth-order valence-electron chi connectivity index (χ4n) is 2.36. The molecule has 20 heavy (non-hydrogen) atoms. The van der Waals surface area contributed by atoms with E-state index in [4.69, 9.17) is 5.11 Å². The molecular formula is C13H17NO5S. The lowest BCUT2D eigenvalue weighted by Gasteiger charge is -2.22. The van der Waals surface area contributed by atoms with Crippen molar-refractivity contribution in [1.29, 1.82) is 0 Å². The van der Waals surface area contributed by atoms with Gasteiger partial charge in [-0.1, -0.05) is 0 Å². The largest absolute Gasteiger partial charge is 0.508 e. The van der Waals surface area contributed by atoms with Crippen molar-refractivity contribution in [2.75, 3.05) is 6.54 Å². The molecular weight excluding hydrogens is 282 g/mol. The molecule has 6 nitrogen and oxygen atoms in total. The Labute approximate surface area is 117 Å². The van der Waals surface area contributed by atoms with Gasteiger partial charge in [-0.3, -0.25) is 4.79 Å². The SMILES string of the molecule is Cc1cc(O)cc(C)c1S(=O)(=O)N(CC(=O)O)C1CC1. The third-order valence-electron chi connectivity index (χ3n) is 3.26. The number of aryl methyl sites for hydroxylation is 2. The van der Waals surface area contributed by atoms with Gasteiger partial charge in [0.1, 0.15) is 12.3 Å². The minimum Gasteiger partial charge on any atom is -0.508 e. The number of carbonyl (C=O) groups is 1. The van der Waals surface area contributed by atoms with Gasteiger partial charge >= 0.3 is 5.97 Å². The Morgan fingerprint density at radius 3 is 2.20 bits per heavy atom. The van der Waals surface area contributed by atoms with Gasteiger partial charge in [-0.25, -0.2) is 8.42 Å². The molecule has 1 aliphatic rings. The topological polar surface area (TPSA) is 94.9 Å². The van der Waals surface area contributed by atoms with Crippen LogP contribution in [0.2, 0.25) is 0 Å². The molecule has 0 saturated heterocycles. The van der Waals surface area contributed by atoms with Crippen molar-refractivity contribution < 1.29 is 23.4 Å². The molecule has 110 valence electrons. The minimum atomic E-state index is -3.87. The standard InChI is InChI=1S/C13H17NO5S/c1-8-5-11(15)6-9(2)13(8)20(18,19)14(7-12(16)17)10-3-4-10/h5-6,10,15H,3-4,7H2,1-2H3,(H,16,17). The van der Waals surface area contributed by atoms with Crippen LogP contribution in [0, 0.1) is 13.8 Å². The van der Waals surface area contributed by atoms with Crippen LogP contribution in [-0.4, -0.2) is 41.5 Å². The molecule has 0 unspecified atom stereocenters. The number of nitrogens with zero attached hydrogens (tertiary/aromatic N) is 1. The number of carboxylic acid groups (broad SMARTS) is 1. The summed E-state index contributed by atoms with van der Waals surface area (Å²) in [4.78, 5) is 11.0. The van der Waals surface area contributed by atoms with Crippen molar-refractivity contribution in [2.45, 2.75) is 37.6 Å². The van der Waals surface area contributed by atoms with Crippen molar-refractivity contribution in [3.63, 3.8) is 0 Å². The predicted octanol–water partition coefficient (Wildman–Crippen LogP) is 1.25. The zero-order valence-corrected chi connectivity index (χ0v) is 12.1. The van der Waals surface area contributed by atoms with Gasteiger partial charge in [-0.2, -0.15) is 4.31 Å². The van der Waals surface area contributed by atoms with Crippen LogP contribution in [0.3, 0.4) is 0 Å². The van der Waals surface area contributed by atoms with E-state index in [2.05, 4.69) is 0 Å². The summed E-state index contributed by atoms with van der Waals surface area (Å²) in [5.41, 5.74) is 0.831. The van der Waals surface area contributed by atoms with Gasteiger partial charge in [-0.15, -0.1) is 0 Å². The summed E-state index contributed by atoms with van der Waals surface area (Å²) >= 11 is 0. The van der Waals surface area contributed by atoms with Crippen LogP contribution < -0.4 is 0 Å². The first kappa shape index (κ1) is 14.8. The zero-order valence-electron chi connectivity index (χ0n) is 11.3. The molecule has 0 heterocycles. The fraction of sp³-hybridized carbons (Fsp3) is 0.462. The smallest absolute Gasteiger partial charge is 0.318 e. The monoisotopic (exact) mass is 299 g/mol. The number of aliphatic carboxylic acids is 1. The van der Waals surface area contributed by atoms with Crippen LogP contribution in [0.4, 0.5) is 0 Å². The number of phenols is 1. The number of carboxylic acids is 1. The third-order valence-corrected chi connectivity index (χ3v) is 5.46. The van der Waals surface area contributed by atoms with Crippen LogP contribution in [0.1, 0.15) is 24.0 Å². The van der Waals surface area contributed by atoms with Crippen molar-refractivity contribution in [1.82, 2.24) is 4.31 Å². The summed E-state index contributed by atoms with van der Waals surface area (Å²) < 4.78 is 26.4.